The maximum Gasteiger partial charge on any atom is 0.266 e. The van der Waals surface area contributed by atoms with Crippen molar-refractivity contribution in [3.63, 3.8) is 0 Å². The molecule has 3 aromatic carbocycles. The molecule has 0 saturated heterocycles. The lowest BCUT2D eigenvalue weighted by atomic mass is 10.0. The molecule has 0 spiro atoms. The molecule has 0 radical (unpaired) electrons. The van der Waals surface area contributed by atoms with Crippen LogP contribution in [0, 0.1) is 5.92 Å². The van der Waals surface area contributed by atoms with Crippen LogP contribution in [0.15, 0.2) is 66.7 Å². The number of carbonyl (C=O) groups is 2. The van der Waals surface area contributed by atoms with E-state index >= 15 is 0 Å². The Labute approximate surface area is 272 Å². The van der Waals surface area contributed by atoms with Gasteiger partial charge in [0.1, 0.15) is 0 Å². The maximum absolute atomic E-state index is 12.3. The van der Waals surface area contributed by atoms with Crippen LogP contribution in [0.3, 0.4) is 0 Å². The van der Waals surface area contributed by atoms with Crippen LogP contribution < -0.4 is 10.6 Å². The number of carbonyl (C=O) groups excluding carboxylic acids is 2. The van der Waals surface area contributed by atoms with E-state index in [9.17, 15) is 18.0 Å². The largest absolute Gasteiger partial charge is 0.351 e. The fourth-order valence-electron chi connectivity index (χ4n) is 4.22. The Balaban J connectivity index is 0.000000575. The lowest BCUT2D eigenvalue weighted by Gasteiger charge is -2.09. The van der Waals surface area contributed by atoms with Crippen LogP contribution in [-0.2, 0) is 21.3 Å². The summed E-state index contributed by atoms with van der Waals surface area (Å²) in [5.41, 5.74) is 3.64. The summed E-state index contributed by atoms with van der Waals surface area (Å²) >= 11 is 12.2. The summed E-state index contributed by atoms with van der Waals surface area (Å²) in [5.74, 6) is -0.315. The van der Waals surface area contributed by atoms with Crippen LogP contribution in [0.25, 0.3) is 11.1 Å². The summed E-state index contributed by atoms with van der Waals surface area (Å²) in [7, 11) is -4.13. The summed E-state index contributed by atoms with van der Waals surface area (Å²) in [6.45, 7) is 6.31. The van der Waals surface area contributed by atoms with Crippen molar-refractivity contribution in [2.24, 2.45) is 5.92 Å². The number of rotatable bonds is 9. The van der Waals surface area contributed by atoms with Gasteiger partial charge >= 0.3 is 0 Å². The summed E-state index contributed by atoms with van der Waals surface area (Å²) in [4.78, 5) is 24.3. The van der Waals surface area contributed by atoms with E-state index in [1.54, 1.807) is 48.5 Å². The normalized spacial score (nSPS) is 12.7. The Hall–Kier alpha value is -2.91. The number of nitrogens with one attached hydrogen (secondary N) is 2. The van der Waals surface area contributed by atoms with Gasteiger partial charge in [-0.05, 0) is 59.9 Å². The third-order valence-electron chi connectivity index (χ3n) is 6.41. The zero-order valence-electron chi connectivity index (χ0n) is 25.7. The van der Waals surface area contributed by atoms with Crippen molar-refractivity contribution in [2.75, 3.05) is 17.6 Å². The number of anilines is 1. The smallest absolute Gasteiger partial charge is 0.266 e. The number of hydrogen-bond donors (Lipinski definition) is 3. The van der Waals surface area contributed by atoms with E-state index in [2.05, 4.69) is 31.4 Å². The van der Waals surface area contributed by atoms with E-state index in [4.69, 9.17) is 27.8 Å². The Kier molecular flexibility index (Phi) is 16.5. The first-order valence-electron chi connectivity index (χ1n) is 15.0. The maximum atomic E-state index is 12.3. The molecule has 0 heterocycles. The highest BCUT2D eigenvalue weighted by Gasteiger charge is 2.10. The Morgan fingerprint density at radius 3 is 1.89 bits per heavy atom. The lowest BCUT2D eigenvalue weighted by molar-refractivity contribution is -0.116. The Bertz CT molecular complexity index is 1410. The molecule has 0 aromatic heterocycles. The first-order valence-corrected chi connectivity index (χ1v) is 17.4. The van der Waals surface area contributed by atoms with Crippen molar-refractivity contribution in [1.82, 2.24) is 5.32 Å². The topological polar surface area (TPSA) is 113 Å². The highest BCUT2D eigenvalue weighted by molar-refractivity contribution is 7.85. The molecule has 0 aliphatic heterocycles. The van der Waals surface area contributed by atoms with Crippen LogP contribution >= 0.6 is 23.2 Å². The van der Waals surface area contributed by atoms with Gasteiger partial charge in [-0.15, -0.1) is 0 Å². The van der Waals surface area contributed by atoms with E-state index in [0.29, 0.717) is 27.7 Å². The van der Waals surface area contributed by atoms with Gasteiger partial charge in [0, 0.05) is 39.8 Å². The number of benzene rings is 3. The lowest BCUT2D eigenvalue weighted by Crippen LogP contribution is -2.28. The second-order valence-electron chi connectivity index (χ2n) is 11.3. The standard InChI is InChI=1S/C24H22Cl2N2O5S.C6H12.C4H10/c25-19-8-11-21(22(26)15-19)17-6-9-20(10-7-17)28-23(29)12-3-16-1-4-18(5-2-16)24(30)27-13-14-34(31,32)33;1-2-4-6-5-3-1;1-4(2)3/h1-2,4-11,15H,3,12-14H2,(H,27,30)(H,28,29)(H,31,32,33);1-6H2;4H,1-3H3. The molecule has 4 rings (SSSR count). The molecule has 7 nitrogen and oxygen atoms in total. The van der Waals surface area contributed by atoms with Gasteiger partial charge in [-0.25, -0.2) is 0 Å². The summed E-state index contributed by atoms with van der Waals surface area (Å²) in [5, 5.41) is 6.38. The Morgan fingerprint density at radius 2 is 1.39 bits per heavy atom. The van der Waals surface area contributed by atoms with Crippen LogP contribution in [-0.4, -0.2) is 37.1 Å². The SMILES string of the molecule is C1CCCCC1.CC(C)C.O=C(CCc1ccc(C(=O)NCCS(=O)(=O)O)cc1)Nc1ccc(-c2ccc(Cl)cc2Cl)cc1. The van der Waals surface area contributed by atoms with Crippen molar-refractivity contribution in [3.8, 4) is 11.1 Å². The van der Waals surface area contributed by atoms with Gasteiger partial charge < -0.3 is 10.6 Å². The predicted octanol–water partition coefficient (Wildman–Crippen LogP) is 8.85. The van der Waals surface area contributed by atoms with Crippen LogP contribution in [0.5, 0.6) is 0 Å². The van der Waals surface area contributed by atoms with Crippen LogP contribution in [0.2, 0.25) is 10.0 Å². The molecule has 3 N–H and O–H groups in total. The van der Waals surface area contributed by atoms with Crippen LogP contribution in [0.1, 0.15) is 81.6 Å². The monoisotopic (exact) mass is 662 g/mol. The molecule has 0 atom stereocenters. The minimum absolute atomic E-state index is 0.149. The van der Waals surface area contributed by atoms with Gasteiger partial charge in [-0.3, -0.25) is 14.1 Å². The van der Waals surface area contributed by atoms with Crippen molar-refractivity contribution in [3.05, 3.63) is 87.9 Å². The van der Waals surface area contributed by atoms with Gasteiger partial charge in [0.15, 0.2) is 0 Å². The third kappa shape index (κ3) is 15.7. The first kappa shape index (κ1) is 37.3. The first-order chi connectivity index (χ1) is 20.8. The number of halogens is 2. The van der Waals surface area contributed by atoms with Crippen molar-refractivity contribution < 1.29 is 22.6 Å². The minimum Gasteiger partial charge on any atom is -0.351 e. The summed E-state index contributed by atoms with van der Waals surface area (Å²) < 4.78 is 30.1. The number of aryl methyl sites for hydroxylation is 1. The fourth-order valence-corrected chi connectivity index (χ4v) is 5.09. The Morgan fingerprint density at radius 1 is 0.841 bits per heavy atom. The molecule has 1 fully saturated rings. The summed E-state index contributed by atoms with van der Waals surface area (Å²) in [6, 6.07) is 19.3. The number of hydrogen-bond acceptors (Lipinski definition) is 4. The highest BCUT2D eigenvalue weighted by Crippen LogP contribution is 2.31. The van der Waals surface area contributed by atoms with E-state index in [1.165, 1.54) is 38.5 Å². The van der Waals surface area contributed by atoms with Gasteiger partial charge in [-0.2, -0.15) is 8.42 Å². The number of amides is 2. The van der Waals surface area contributed by atoms with Crippen molar-refractivity contribution in [2.45, 2.75) is 72.1 Å². The predicted molar refractivity (Wildman–Crippen MR) is 182 cm³/mol. The highest BCUT2D eigenvalue weighted by atomic mass is 35.5. The van der Waals surface area contributed by atoms with E-state index in [-0.39, 0.29) is 18.9 Å². The minimum atomic E-state index is -4.13. The molecule has 44 heavy (non-hydrogen) atoms. The molecule has 0 unspecified atom stereocenters. The second kappa shape index (κ2) is 19.5. The van der Waals surface area contributed by atoms with Crippen molar-refractivity contribution >= 4 is 50.8 Å². The summed E-state index contributed by atoms with van der Waals surface area (Å²) in [6.07, 6.45) is 9.74. The molecular weight excluding hydrogens is 619 g/mol. The molecular formula is C34H44Cl2N2O5S. The molecule has 2 amide bonds. The van der Waals surface area contributed by atoms with Gasteiger partial charge in [0.2, 0.25) is 5.91 Å². The van der Waals surface area contributed by atoms with E-state index in [1.807, 2.05) is 18.2 Å². The van der Waals surface area contributed by atoms with Crippen LogP contribution in [0.4, 0.5) is 5.69 Å². The van der Waals surface area contributed by atoms with E-state index in [0.717, 1.165) is 22.6 Å². The molecule has 3 aromatic rings. The molecule has 1 aliphatic rings. The zero-order valence-corrected chi connectivity index (χ0v) is 28.1. The quantitative estimate of drug-likeness (QED) is 0.198. The van der Waals surface area contributed by atoms with Gasteiger partial charge in [-0.1, -0.05) is 113 Å². The fraction of sp³-hybridized carbons (Fsp3) is 0.412. The molecule has 10 heteroatoms. The average molecular weight is 664 g/mol. The molecule has 1 aliphatic carbocycles. The molecule has 1 saturated carbocycles. The average Bonchev–Trinajstić information content (AvgIpc) is 2.97. The third-order valence-corrected chi connectivity index (χ3v) is 7.68. The molecule has 0 bridgehead atoms. The van der Waals surface area contributed by atoms with Gasteiger partial charge in [0.25, 0.3) is 16.0 Å². The van der Waals surface area contributed by atoms with Crippen molar-refractivity contribution in [1.29, 1.82) is 0 Å². The van der Waals surface area contributed by atoms with Gasteiger partial charge in [0.05, 0.1) is 5.75 Å². The molecule has 240 valence electrons. The van der Waals surface area contributed by atoms with E-state index < -0.39 is 21.8 Å². The second-order valence-corrected chi connectivity index (χ2v) is 13.8. The zero-order chi connectivity index (χ0) is 32.5.